The average molecular weight is 324 g/mol. The zero-order chi connectivity index (χ0) is 10.6. The Morgan fingerprint density at radius 2 is 2.21 bits per heavy atom. The fraction of sp³-hybridized carbons (Fsp3) is 0.300. The quantitative estimate of drug-likeness (QED) is 0.672. The zero-order valence-electron chi connectivity index (χ0n) is 7.76. The highest BCUT2D eigenvalue weighted by molar-refractivity contribution is 14.1. The van der Waals surface area contributed by atoms with Crippen LogP contribution in [-0.2, 0) is 0 Å². The van der Waals surface area contributed by atoms with E-state index in [9.17, 15) is 4.79 Å². The molecule has 1 rings (SSSR count). The Balaban J connectivity index is 2.65. The number of amides is 1. The molecule has 1 atom stereocenters. The first-order valence-electron chi connectivity index (χ1n) is 4.28. The predicted molar refractivity (Wildman–Crippen MR) is 66.8 cm³/mol. The number of carbonyl (C=O) groups is 1. The summed E-state index contributed by atoms with van der Waals surface area (Å²) < 4.78 is 0.949. The van der Waals surface area contributed by atoms with Crippen molar-refractivity contribution in [3.05, 3.63) is 33.4 Å². The van der Waals surface area contributed by atoms with Crippen molar-refractivity contribution < 1.29 is 4.79 Å². The maximum absolute atomic E-state index is 11.6. The van der Waals surface area contributed by atoms with E-state index in [2.05, 4.69) is 27.9 Å². The second kappa shape index (κ2) is 5.56. The topological polar surface area (TPSA) is 29.1 Å². The number of alkyl halides is 1. The van der Waals surface area contributed by atoms with Crippen molar-refractivity contribution in [2.24, 2.45) is 0 Å². The molecule has 1 unspecified atom stereocenters. The average Bonchev–Trinajstić information content (AvgIpc) is 2.15. The molecule has 0 aromatic heterocycles. The molecular weight excluding hydrogens is 312 g/mol. The van der Waals surface area contributed by atoms with Gasteiger partial charge in [0.25, 0.3) is 5.91 Å². The second-order valence-electron chi connectivity index (χ2n) is 2.97. The number of hydrogen-bond acceptors (Lipinski definition) is 1. The van der Waals surface area contributed by atoms with E-state index < -0.39 is 0 Å². The largest absolute Gasteiger partial charge is 0.351 e. The van der Waals surface area contributed by atoms with Gasteiger partial charge in [-0.3, -0.25) is 4.79 Å². The molecule has 2 nitrogen and oxygen atoms in total. The van der Waals surface area contributed by atoms with Crippen LogP contribution >= 0.6 is 34.2 Å². The van der Waals surface area contributed by atoms with E-state index in [0.29, 0.717) is 12.1 Å². The third-order valence-electron chi connectivity index (χ3n) is 1.66. The van der Waals surface area contributed by atoms with Crippen molar-refractivity contribution >= 4 is 40.1 Å². The van der Waals surface area contributed by atoms with Crippen LogP contribution in [0.25, 0.3) is 0 Å². The molecule has 0 aliphatic rings. The highest BCUT2D eigenvalue weighted by Gasteiger charge is 2.08. The summed E-state index contributed by atoms with van der Waals surface area (Å²) in [6, 6.07) is 7.46. The molecule has 4 heteroatoms. The van der Waals surface area contributed by atoms with E-state index in [1.54, 1.807) is 6.07 Å². The number of nitrogens with one attached hydrogen (secondary N) is 1. The first-order valence-corrected chi connectivity index (χ1v) is 5.79. The van der Waals surface area contributed by atoms with Crippen LogP contribution in [0.5, 0.6) is 0 Å². The Labute approximate surface area is 102 Å². The fourth-order valence-electron chi connectivity index (χ4n) is 0.974. The summed E-state index contributed by atoms with van der Waals surface area (Å²) in [5, 5.41) is 2.72. The number of hydrogen-bond donors (Lipinski definition) is 1. The molecule has 0 radical (unpaired) electrons. The van der Waals surface area contributed by atoms with Crippen molar-refractivity contribution in [3.8, 4) is 0 Å². The van der Waals surface area contributed by atoms with Gasteiger partial charge < -0.3 is 5.32 Å². The van der Waals surface area contributed by atoms with E-state index >= 15 is 0 Å². The van der Waals surface area contributed by atoms with Gasteiger partial charge in [-0.1, -0.05) is 12.1 Å². The molecule has 1 N–H and O–H groups in total. The number of rotatable bonds is 3. The van der Waals surface area contributed by atoms with Gasteiger partial charge in [-0.05, 0) is 41.6 Å². The highest BCUT2D eigenvalue weighted by Crippen LogP contribution is 2.10. The van der Waals surface area contributed by atoms with Crippen molar-refractivity contribution in [1.82, 2.24) is 5.32 Å². The first-order chi connectivity index (χ1) is 6.61. The molecular formula is C10H11ClINO. The monoisotopic (exact) mass is 323 g/mol. The maximum atomic E-state index is 11.6. The molecule has 0 aliphatic carbocycles. The standard InChI is InChI=1S/C10H11ClINO/c1-7(11)6-13-10(14)8-4-2-3-5-9(8)12/h2-5,7H,6H2,1H3,(H,13,14). The van der Waals surface area contributed by atoms with Crippen LogP contribution in [0.4, 0.5) is 0 Å². The van der Waals surface area contributed by atoms with Gasteiger partial charge in [0.05, 0.1) is 5.56 Å². The molecule has 0 saturated heterocycles. The number of halogens is 2. The molecule has 0 aliphatic heterocycles. The van der Waals surface area contributed by atoms with Crippen LogP contribution in [0.15, 0.2) is 24.3 Å². The summed E-state index contributed by atoms with van der Waals surface area (Å²) in [5.41, 5.74) is 0.699. The van der Waals surface area contributed by atoms with Gasteiger partial charge in [0, 0.05) is 15.5 Å². The number of carbonyl (C=O) groups excluding carboxylic acids is 1. The Bertz CT molecular complexity index is 328. The fourth-order valence-corrected chi connectivity index (χ4v) is 1.68. The zero-order valence-corrected chi connectivity index (χ0v) is 10.7. The van der Waals surface area contributed by atoms with Crippen LogP contribution < -0.4 is 5.32 Å². The lowest BCUT2D eigenvalue weighted by atomic mass is 10.2. The van der Waals surface area contributed by atoms with Crippen LogP contribution in [0.3, 0.4) is 0 Å². The summed E-state index contributed by atoms with van der Waals surface area (Å²) in [6.45, 7) is 2.34. The minimum absolute atomic E-state index is 0.0414. The first kappa shape index (κ1) is 11.8. The van der Waals surface area contributed by atoms with Crippen molar-refractivity contribution in [2.75, 3.05) is 6.54 Å². The molecule has 0 saturated carbocycles. The van der Waals surface area contributed by atoms with Gasteiger partial charge >= 0.3 is 0 Å². The van der Waals surface area contributed by atoms with Crippen molar-refractivity contribution in [2.45, 2.75) is 12.3 Å². The van der Waals surface area contributed by atoms with E-state index in [0.717, 1.165) is 3.57 Å². The third-order valence-corrected chi connectivity index (χ3v) is 2.76. The molecule has 1 amide bonds. The lowest BCUT2D eigenvalue weighted by Crippen LogP contribution is -2.29. The molecule has 0 fully saturated rings. The predicted octanol–water partition coefficient (Wildman–Crippen LogP) is 2.65. The lowest BCUT2D eigenvalue weighted by molar-refractivity contribution is 0.0953. The summed E-state index contributed by atoms with van der Waals surface area (Å²) in [5.74, 6) is -0.0671. The van der Waals surface area contributed by atoms with Gasteiger partial charge in [0.2, 0.25) is 0 Å². The molecule has 14 heavy (non-hydrogen) atoms. The smallest absolute Gasteiger partial charge is 0.252 e. The highest BCUT2D eigenvalue weighted by atomic mass is 127. The third kappa shape index (κ3) is 3.46. The van der Waals surface area contributed by atoms with Crippen LogP contribution in [0.2, 0.25) is 0 Å². The Kier molecular flexibility index (Phi) is 4.68. The molecule has 0 heterocycles. The van der Waals surface area contributed by atoms with E-state index in [4.69, 9.17) is 11.6 Å². The van der Waals surface area contributed by atoms with Gasteiger partial charge in [0.1, 0.15) is 0 Å². The lowest BCUT2D eigenvalue weighted by Gasteiger charge is -2.07. The summed E-state index contributed by atoms with van der Waals surface area (Å²) >= 11 is 7.87. The molecule has 0 spiro atoms. The van der Waals surface area contributed by atoms with E-state index in [1.807, 2.05) is 25.1 Å². The molecule has 1 aromatic rings. The minimum Gasteiger partial charge on any atom is -0.351 e. The minimum atomic E-state index is -0.0671. The summed E-state index contributed by atoms with van der Waals surface area (Å²) in [4.78, 5) is 11.6. The summed E-state index contributed by atoms with van der Waals surface area (Å²) in [6.07, 6.45) is 0. The Hall–Kier alpha value is -0.290. The second-order valence-corrected chi connectivity index (χ2v) is 4.88. The van der Waals surface area contributed by atoms with Crippen molar-refractivity contribution in [3.63, 3.8) is 0 Å². The van der Waals surface area contributed by atoms with Gasteiger partial charge in [-0.25, -0.2) is 0 Å². The van der Waals surface area contributed by atoms with E-state index in [1.165, 1.54) is 0 Å². The molecule has 0 bridgehead atoms. The number of benzene rings is 1. The Morgan fingerprint density at radius 1 is 1.57 bits per heavy atom. The van der Waals surface area contributed by atoms with E-state index in [-0.39, 0.29) is 11.3 Å². The SMILES string of the molecule is CC(Cl)CNC(=O)c1ccccc1I. The van der Waals surface area contributed by atoms with Crippen LogP contribution in [0.1, 0.15) is 17.3 Å². The van der Waals surface area contributed by atoms with Gasteiger partial charge in [0.15, 0.2) is 0 Å². The summed E-state index contributed by atoms with van der Waals surface area (Å²) in [7, 11) is 0. The van der Waals surface area contributed by atoms with Gasteiger partial charge in [-0.2, -0.15) is 0 Å². The molecule has 76 valence electrons. The Morgan fingerprint density at radius 3 is 2.79 bits per heavy atom. The van der Waals surface area contributed by atoms with Crippen LogP contribution in [0, 0.1) is 3.57 Å². The molecule has 1 aromatic carbocycles. The van der Waals surface area contributed by atoms with Crippen molar-refractivity contribution in [1.29, 1.82) is 0 Å². The van der Waals surface area contributed by atoms with Crippen LogP contribution in [-0.4, -0.2) is 17.8 Å². The normalized spacial score (nSPS) is 12.2. The van der Waals surface area contributed by atoms with Gasteiger partial charge in [-0.15, -0.1) is 11.6 Å². The maximum Gasteiger partial charge on any atom is 0.252 e.